The van der Waals surface area contributed by atoms with Crippen molar-refractivity contribution in [3.8, 4) is 0 Å². The van der Waals surface area contributed by atoms with Gasteiger partial charge < -0.3 is 10.3 Å². The molecule has 0 radical (unpaired) electrons. The summed E-state index contributed by atoms with van der Waals surface area (Å²) in [5, 5.41) is 3.81. The van der Waals surface area contributed by atoms with Crippen molar-refractivity contribution >= 4 is 11.8 Å². The van der Waals surface area contributed by atoms with Crippen LogP contribution in [0.2, 0.25) is 0 Å². The second kappa shape index (κ2) is 5.76. The fourth-order valence-electron chi connectivity index (χ4n) is 1.85. The molecule has 0 amide bonds. The molecule has 0 aliphatic heterocycles. The molecule has 20 heavy (non-hydrogen) atoms. The van der Waals surface area contributed by atoms with Crippen LogP contribution >= 0.6 is 11.8 Å². The molecule has 2 N–H and O–H groups in total. The molecule has 0 saturated heterocycles. The zero-order chi connectivity index (χ0) is 13.9. The summed E-state index contributed by atoms with van der Waals surface area (Å²) in [5.74, 6) is -0.277. The molecule has 104 valence electrons. The zero-order valence-electron chi connectivity index (χ0n) is 10.7. The first-order valence-corrected chi connectivity index (χ1v) is 7.27. The highest BCUT2D eigenvalue weighted by molar-refractivity contribution is 7.99. The van der Waals surface area contributed by atoms with Crippen molar-refractivity contribution < 1.29 is 4.39 Å². The van der Waals surface area contributed by atoms with Gasteiger partial charge in [0.1, 0.15) is 5.82 Å². The maximum Gasteiger partial charge on any atom is 0.251 e. The third-order valence-corrected chi connectivity index (χ3v) is 3.84. The van der Waals surface area contributed by atoms with Crippen LogP contribution in [-0.2, 0) is 6.54 Å². The highest BCUT2D eigenvalue weighted by Gasteiger charge is 2.20. The molecule has 0 bridgehead atoms. The van der Waals surface area contributed by atoms with Gasteiger partial charge in [0.25, 0.3) is 5.56 Å². The molecule has 6 heteroatoms. The van der Waals surface area contributed by atoms with Gasteiger partial charge in [0.15, 0.2) is 5.16 Å². The number of H-pyrrole nitrogens is 1. The molecule has 4 nitrogen and oxygen atoms in total. The Morgan fingerprint density at radius 2 is 2.25 bits per heavy atom. The lowest BCUT2D eigenvalue weighted by Gasteiger charge is -2.06. The fourth-order valence-corrected chi connectivity index (χ4v) is 2.72. The third-order valence-electron chi connectivity index (χ3n) is 2.97. The second-order valence-corrected chi connectivity index (χ2v) is 5.85. The number of aromatic nitrogens is 2. The van der Waals surface area contributed by atoms with Gasteiger partial charge in [-0.15, -0.1) is 0 Å². The lowest BCUT2D eigenvalue weighted by molar-refractivity contribution is 0.615. The minimum Gasteiger partial charge on any atom is -0.310 e. The van der Waals surface area contributed by atoms with Crippen LogP contribution in [0.1, 0.15) is 18.4 Å². The number of hydrogen-bond donors (Lipinski definition) is 2. The van der Waals surface area contributed by atoms with E-state index in [1.807, 2.05) is 6.07 Å². The molecule has 1 fully saturated rings. The molecule has 1 saturated carbocycles. The number of nitrogens with one attached hydrogen (secondary N) is 2. The Morgan fingerprint density at radius 3 is 3.00 bits per heavy atom. The van der Waals surface area contributed by atoms with Crippen LogP contribution in [0.15, 0.2) is 45.3 Å². The summed E-state index contributed by atoms with van der Waals surface area (Å²) in [6.07, 6.45) is 3.84. The largest absolute Gasteiger partial charge is 0.310 e. The van der Waals surface area contributed by atoms with Crippen LogP contribution in [0.5, 0.6) is 0 Å². The predicted octanol–water partition coefficient (Wildman–Crippen LogP) is 2.31. The summed E-state index contributed by atoms with van der Waals surface area (Å²) in [6, 6.07) is 6.82. The van der Waals surface area contributed by atoms with Crippen molar-refractivity contribution in [1.29, 1.82) is 0 Å². The van der Waals surface area contributed by atoms with E-state index in [9.17, 15) is 9.18 Å². The maximum atomic E-state index is 13.6. The monoisotopic (exact) mass is 291 g/mol. The molecule has 1 aromatic heterocycles. The summed E-state index contributed by atoms with van der Waals surface area (Å²) < 4.78 is 13.6. The molecule has 0 spiro atoms. The minimum atomic E-state index is -0.277. The molecule has 3 rings (SSSR count). The smallest absolute Gasteiger partial charge is 0.251 e. The number of aromatic amines is 1. The molecule has 1 aromatic carbocycles. The van der Waals surface area contributed by atoms with Crippen molar-refractivity contribution in [3.05, 3.63) is 52.2 Å². The van der Waals surface area contributed by atoms with E-state index in [4.69, 9.17) is 0 Å². The summed E-state index contributed by atoms with van der Waals surface area (Å²) in [6.45, 7) is 0.661. The van der Waals surface area contributed by atoms with Gasteiger partial charge >= 0.3 is 0 Å². The molecule has 1 heterocycles. The van der Waals surface area contributed by atoms with Crippen LogP contribution in [-0.4, -0.2) is 16.0 Å². The number of nitrogens with zero attached hydrogens (tertiary/aromatic N) is 1. The van der Waals surface area contributed by atoms with Gasteiger partial charge in [-0.1, -0.05) is 11.8 Å². The van der Waals surface area contributed by atoms with Crippen molar-refractivity contribution in [1.82, 2.24) is 15.3 Å². The lowest BCUT2D eigenvalue weighted by Crippen LogP contribution is -2.15. The van der Waals surface area contributed by atoms with Gasteiger partial charge in [0.2, 0.25) is 0 Å². The summed E-state index contributed by atoms with van der Waals surface area (Å²) >= 11 is 1.25. The Balaban J connectivity index is 1.76. The predicted molar refractivity (Wildman–Crippen MR) is 75.2 cm³/mol. The van der Waals surface area contributed by atoms with Gasteiger partial charge in [-0.25, -0.2) is 9.37 Å². The fraction of sp³-hybridized carbons (Fsp3) is 0.286. The molecule has 0 atom stereocenters. The first kappa shape index (κ1) is 13.3. The standard InChI is InChI=1S/C14H14FN3OS/c15-10-5-9(8-17-11-1-2-11)6-12(7-10)20-14-16-4-3-13(19)18-14/h3-7,11,17H,1-2,8H2,(H,16,18,19). The van der Waals surface area contributed by atoms with Crippen molar-refractivity contribution in [2.24, 2.45) is 0 Å². The first-order chi connectivity index (χ1) is 9.69. The van der Waals surface area contributed by atoms with E-state index < -0.39 is 0 Å². The summed E-state index contributed by atoms with van der Waals surface area (Å²) in [5.41, 5.74) is 0.687. The van der Waals surface area contributed by atoms with E-state index >= 15 is 0 Å². The van der Waals surface area contributed by atoms with E-state index in [1.54, 1.807) is 0 Å². The van der Waals surface area contributed by atoms with Gasteiger partial charge in [0.05, 0.1) is 0 Å². The average molecular weight is 291 g/mol. The Morgan fingerprint density at radius 1 is 1.40 bits per heavy atom. The lowest BCUT2D eigenvalue weighted by atomic mass is 10.2. The highest BCUT2D eigenvalue weighted by atomic mass is 32.2. The Kier molecular flexibility index (Phi) is 3.84. The van der Waals surface area contributed by atoms with Crippen LogP contribution in [0, 0.1) is 5.82 Å². The van der Waals surface area contributed by atoms with E-state index in [0.717, 1.165) is 10.5 Å². The molecule has 1 aliphatic rings. The maximum absolute atomic E-state index is 13.6. The molecule has 2 aromatic rings. The SMILES string of the molecule is O=c1ccnc(Sc2cc(F)cc(CNC3CC3)c2)[nH]1. The van der Waals surface area contributed by atoms with E-state index in [-0.39, 0.29) is 11.4 Å². The Labute approximate surface area is 119 Å². The van der Waals surface area contributed by atoms with Gasteiger partial charge in [0, 0.05) is 29.7 Å². The van der Waals surface area contributed by atoms with E-state index in [0.29, 0.717) is 17.7 Å². The first-order valence-electron chi connectivity index (χ1n) is 6.45. The number of halogens is 1. The molecular formula is C14H14FN3OS. The van der Waals surface area contributed by atoms with E-state index in [1.165, 1.54) is 49.0 Å². The number of rotatable bonds is 5. The van der Waals surface area contributed by atoms with E-state index in [2.05, 4.69) is 15.3 Å². The van der Waals surface area contributed by atoms with Crippen molar-refractivity contribution in [3.63, 3.8) is 0 Å². The molecular weight excluding hydrogens is 277 g/mol. The van der Waals surface area contributed by atoms with Crippen molar-refractivity contribution in [2.75, 3.05) is 0 Å². The highest BCUT2D eigenvalue weighted by Crippen LogP contribution is 2.26. The Bertz CT molecular complexity index is 669. The molecule has 1 aliphatic carbocycles. The number of benzene rings is 1. The Hall–Kier alpha value is -1.66. The van der Waals surface area contributed by atoms with Crippen LogP contribution in [0.25, 0.3) is 0 Å². The van der Waals surface area contributed by atoms with Crippen LogP contribution in [0.4, 0.5) is 4.39 Å². The normalized spacial score (nSPS) is 14.4. The molecule has 0 unspecified atom stereocenters. The summed E-state index contributed by atoms with van der Waals surface area (Å²) in [4.78, 5) is 18.6. The second-order valence-electron chi connectivity index (χ2n) is 4.79. The summed E-state index contributed by atoms with van der Waals surface area (Å²) in [7, 11) is 0. The van der Waals surface area contributed by atoms with Gasteiger partial charge in [-0.05, 0) is 36.6 Å². The zero-order valence-corrected chi connectivity index (χ0v) is 11.5. The van der Waals surface area contributed by atoms with Crippen molar-refractivity contribution in [2.45, 2.75) is 35.5 Å². The quantitative estimate of drug-likeness (QED) is 0.830. The number of hydrogen-bond acceptors (Lipinski definition) is 4. The minimum absolute atomic E-state index is 0.213. The van der Waals surface area contributed by atoms with Gasteiger partial charge in [-0.2, -0.15) is 0 Å². The average Bonchev–Trinajstić information content (AvgIpc) is 3.20. The van der Waals surface area contributed by atoms with Crippen LogP contribution in [0.3, 0.4) is 0 Å². The van der Waals surface area contributed by atoms with Gasteiger partial charge in [-0.3, -0.25) is 4.79 Å². The third kappa shape index (κ3) is 3.68. The van der Waals surface area contributed by atoms with Crippen LogP contribution < -0.4 is 10.9 Å². The topological polar surface area (TPSA) is 57.8 Å².